The zero-order valence-electron chi connectivity index (χ0n) is 9.72. The lowest BCUT2D eigenvalue weighted by atomic mass is 9.84. The molecule has 0 aliphatic heterocycles. The first kappa shape index (κ1) is 12.4. The summed E-state index contributed by atoms with van der Waals surface area (Å²) in [6.07, 6.45) is 5.93. The molecule has 0 bridgehead atoms. The second kappa shape index (κ2) is 4.66. The van der Waals surface area contributed by atoms with Gasteiger partial charge in [-0.05, 0) is 36.5 Å². The normalized spacial score (nSPS) is 18.2. The summed E-state index contributed by atoms with van der Waals surface area (Å²) in [4.78, 5) is 0.0561. The molecule has 2 rings (SSSR count). The Morgan fingerprint density at radius 3 is 2.35 bits per heavy atom. The summed E-state index contributed by atoms with van der Waals surface area (Å²) in [5.41, 5.74) is 6.92. The van der Waals surface area contributed by atoms with Gasteiger partial charge in [0, 0.05) is 0 Å². The molecule has 1 fully saturated rings. The lowest BCUT2D eigenvalue weighted by molar-refractivity contribution is 0.443. The summed E-state index contributed by atoms with van der Waals surface area (Å²) in [5.74, 6) is 0.449. The fourth-order valence-electron chi connectivity index (χ4n) is 2.49. The Morgan fingerprint density at radius 2 is 1.76 bits per heavy atom. The van der Waals surface area contributed by atoms with Crippen molar-refractivity contribution in [1.82, 2.24) is 0 Å². The zero-order valence-corrected chi connectivity index (χ0v) is 10.5. The molecular weight excluding hydrogens is 236 g/mol. The topological polar surface area (TPSA) is 86.2 Å². The van der Waals surface area contributed by atoms with Gasteiger partial charge in [0.05, 0.1) is 5.69 Å². The van der Waals surface area contributed by atoms with E-state index in [4.69, 9.17) is 10.9 Å². The van der Waals surface area contributed by atoms with Crippen molar-refractivity contribution in [2.45, 2.75) is 42.9 Å². The predicted molar refractivity (Wildman–Crippen MR) is 68.1 cm³/mol. The lowest BCUT2D eigenvalue weighted by Crippen LogP contribution is -2.15. The van der Waals surface area contributed by atoms with E-state index in [1.54, 1.807) is 12.1 Å². The van der Waals surface area contributed by atoms with Crippen molar-refractivity contribution in [3.63, 3.8) is 0 Å². The van der Waals surface area contributed by atoms with Gasteiger partial charge in [-0.25, -0.2) is 13.6 Å². The van der Waals surface area contributed by atoms with Crippen LogP contribution in [0.2, 0.25) is 0 Å². The van der Waals surface area contributed by atoms with E-state index < -0.39 is 10.0 Å². The van der Waals surface area contributed by atoms with Gasteiger partial charge in [-0.2, -0.15) is 0 Å². The van der Waals surface area contributed by atoms with Gasteiger partial charge in [0.25, 0.3) is 0 Å². The second-order valence-electron chi connectivity index (χ2n) is 4.68. The smallest absolute Gasteiger partial charge is 0.240 e. The molecule has 4 nitrogen and oxygen atoms in total. The molecule has 1 saturated carbocycles. The Labute approximate surface area is 102 Å². The molecule has 0 spiro atoms. The van der Waals surface area contributed by atoms with Crippen LogP contribution in [-0.4, -0.2) is 8.42 Å². The molecule has 1 aromatic carbocycles. The van der Waals surface area contributed by atoms with E-state index in [1.807, 2.05) is 6.07 Å². The number of nitrogens with two attached hydrogens (primary N) is 2. The van der Waals surface area contributed by atoms with Crippen LogP contribution in [0.4, 0.5) is 5.69 Å². The lowest BCUT2D eigenvalue weighted by Gasteiger charge is -2.22. The standard InChI is InChI=1S/C12H18N2O2S/c13-11-7-6-10(8-12(11)17(14,15)16)9-4-2-1-3-5-9/h6-9H,1-5,13H2,(H2,14,15,16). The Morgan fingerprint density at radius 1 is 1.12 bits per heavy atom. The molecule has 17 heavy (non-hydrogen) atoms. The molecular formula is C12H18N2O2S. The van der Waals surface area contributed by atoms with Gasteiger partial charge in [-0.15, -0.1) is 0 Å². The van der Waals surface area contributed by atoms with Gasteiger partial charge < -0.3 is 5.73 Å². The van der Waals surface area contributed by atoms with Crippen molar-refractivity contribution in [2.24, 2.45) is 5.14 Å². The molecule has 1 aliphatic carbocycles. The van der Waals surface area contributed by atoms with Crippen molar-refractivity contribution in [3.05, 3.63) is 23.8 Å². The summed E-state index contributed by atoms with van der Waals surface area (Å²) < 4.78 is 22.8. The third-order valence-electron chi connectivity index (χ3n) is 3.42. The van der Waals surface area contributed by atoms with Crippen molar-refractivity contribution in [3.8, 4) is 0 Å². The van der Waals surface area contributed by atoms with E-state index in [-0.39, 0.29) is 10.6 Å². The van der Waals surface area contributed by atoms with Gasteiger partial charge in [0.2, 0.25) is 10.0 Å². The average molecular weight is 254 g/mol. The Kier molecular flexibility index (Phi) is 3.40. The Hall–Kier alpha value is -1.07. The molecule has 94 valence electrons. The van der Waals surface area contributed by atoms with Crippen molar-refractivity contribution in [2.75, 3.05) is 5.73 Å². The third-order valence-corrected chi connectivity index (χ3v) is 4.39. The molecule has 4 N–H and O–H groups in total. The SMILES string of the molecule is Nc1ccc(C2CCCCC2)cc1S(N)(=O)=O. The molecule has 1 aliphatic rings. The highest BCUT2D eigenvalue weighted by Crippen LogP contribution is 2.34. The highest BCUT2D eigenvalue weighted by molar-refractivity contribution is 7.89. The minimum absolute atomic E-state index is 0.0561. The molecule has 0 heterocycles. The van der Waals surface area contributed by atoms with Crippen LogP contribution in [0.15, 0.2) is 23.1 Å². The van der Waals surface area contributed by atoms with Gasteiger partial charge >= 0.3 is 0 Å². The van der Waals surface area contributed by atoms with E-state index >= 15 is 0 Å². The largest absolute Gasteiger partial charge is 0.398 e. The van der Waals surface area contributed by atoms with Crippen LogP contribution < -0.4 is 10.9 Å². The molecule has 0 amide bonds. The number of benzene rings is 1. The van der Waals surface area contributed by atoms with Gasteiger partial charge in [0.15, 0.2) is 0 Å². The first-order valence-electron chi connectivity index (χ1n) is 5.91. The number of hydrogen-bond acceptors (Lipinski definition) is 3. The monoisotopic (exact) mass is 254 g/mol. The number of anilines is 1. The van der Waals surface area contributed by atoms with Crippen LogP contribution in [-0.2, 0) is 10.0 Å². The zero-order chi connectivity index (χ0) is 12.5. The Balaban J connectivity index is 2.37. The Bertz CT molecular complexity index is 505. The first-order valence-corrected chi connectivity index (χ1v) is 7.45. The molecule has 0 saturated heterocycles. The molecule has 1 aromatic rings. The molecule has 0 radical (unpaired) electrons. The van der Waals surface area contributed by atoms with E-state index in [0.717, 1.165) is 18.4 Å². The van der Waals surface area contributed by atoms with Crippen molar-refractivity contribution in [1.29, 1.82) is 0 Å². The summed E-state index contributed by atoms with van der Waals surface area (Å²) in [6.45, 7) is 0. The van der Waals surface area contributed by atoms with Crippen molar-refractivity contribution < 1.29 is 8.42 Å². The maximum absolute atomic E-state index is 11.4. The first-order chi connectivity index (χ1) is 7.98. The number of rotatable bonds is 2. The van der Waals surface area contributed by atoms with Gasteiger partial charge in [-0.1, -0.05) is 25.3 Å². The third kappa shape index (κ3) is 2.79. The van der Waals surface area contributed by atoms with E-state index in [1.165, 1.54) is 19.3 Å². The van der Waals surface area contributed by atoms with Crippen LogP contribution in [0, 0.1) is 0 Å². The van der Waals surface area contributed by atoms with Crippen LogP contribution in [0.3, 0.4) is 0 Å². The maximum Gasteiger partial charge on any atom is 0.240 e. The molecule has 0 atom stereocenters. The minimum atomic E-state index is -3.72. The predicted octanol–water partition coefficient (Wildman–Crippen LogP) is 1.96. The van der Waals surface area contributed by atoms with Crippen LogP contribution in [0.25, 0.3) is 0 Å². The summed E-state index contributed by atoms with van der Waals surface area (Å²) >= 11 is 0. The summed E-state index contributed by atoms with van der Waals surface area (Å²) in [6, 6.07) is 5.20. The second-order valence-corrected chi connectivity index (χ2v) is 6.21. The van der Waals surface area contributed by atoms with Gasteiger partial charge in [0.1, 0.15) is 4.90 Å². The number of primary sulfonamides is 1. The molecule has 5 heteroatoms. The highest BCUT2D eigenvalue weighted by Gasteiger charge is 2.19. The van der Waals surface area contributed by atoms with E-state index in [9.17, 15) is 8.42 Å². The molecule has 0 unspecified atom stereocenters. The van der Waals surface area contributed by atoms with Crippen LogP contribution >= 0.6 is 0 Å². The number of nitrogen functional groups attached to an aromatic ring is 1. The van der Waals surface area contributed by atoms with Crippen molar-refractivity contribution >= 4 is 15.7 Å². The average Bonchev–Trinajstić information content (AvgIpc) is 2.29. The maximum atomic E-state index is 11.4. The fraction of sp³-hybridized carbons (Fsp3) is 0.500. The number of sulfonamides is 1. The number of hydrogen-bond donors (Lipinski definition) is 2. The van der Waals surface area contributed by atoms with Crippen LogP contribution in [0.5, 0.6) is 0 Å². The summed E-state index contributed by atoms with van der Waals surface area (Å²) in [7, 11) is -3.72. The minimum Gasteiger partial charge on any atom is -0.398 e. The van der Waals surface area contributed by atoms with E-state index in [0.29, 0.717) is 5.92 Å². The quantitative estimate of drug-likeness (QED) is 0.791. The van der Waals surface area contributed by atoms with Gasteiger partial charge in [-0.3, -0.25) is 0 Å². The van der Waals surface area contributed by atoms with E-state index in [2.05, 4.69) is 0 Å². The fourth-order valence-corrected chi connectivity index (χ4v) is 3.18. The summed E-state index contributed by atoms with van der Waals surface area (Å²) in [5, 5.41) is 5.15. The van der Waals surface area contributed by atoms with Crippen LogP contribution in [0.1, 0.15) is 43.6 Å². The molecule has 0 aromatic heterocycles. The highest BCUT2D eigenvalue weighted by atomic mass is 32.2.